The number of halogens is 2. The van der Waals surface area contributed by atoms with Crippen molar-refractivity contribution in [1.82, 2.24) is 10.4 Å². The molecule has 0 bridgehead atoms. The number of hydroxylamine groups is 2. The summed E-state index contributed by atoms with van der Waals surface area (Å²) in [5, 5.41) is 2.28. The maximum atomic E-state index is 13.2. The highest BCUT2D eigenvalue weighted by Gasteiger charge is 2.40. The molecule has 0 saturated heterocycles. The number of amides is 3. The molecule has 1 heterocycles. The monoisotopic (exact) mass is 506 g/mol. The van der Waals surface area contributed by atoms with Crippen molar-refractivity contribution in [2.75, 3.05) is 6.61 Å². The van der Waals surface area contributed by atoms with E-state index < -0.39 is 42.8 Å². The molecule has 0 saturated carbocycles. The second-order valence-electron chi connectivity index (χ2n) is 8.51. The van der Waals surface area contributed by atoms with Crippen molar-refractivity contribution >= 4 is 23.9 Å². The Morgan fingerprint density at radius 1 is 0.811 bits per heavy atom. The molecular weight excluding hydrogens is 486 g/mol. The number of hydrogen-bond acceptors (Lipinski definition) is 6. The van der Waals surface area contributed by atoms with Crippen LogP contribution >= 0.6 is 0 Å². The number of nitrogens with one attached hydrogen (secondary N) is 1. The van der Waals surface area contributed by atoms with Gasteiger partial charge in [-0.2, -0.15) is 0 Å². The average Bonchev–Trinajstić information content (AvgIpc) is 3.34. The number of hydrogen-bond donors (Lipinski definition) is 1. The van der Waals surface area contributed by atoms with Gasteiger partial charge in [-0.1, -0.05) is 65.7 Å². The number of alkyl carbamates (subject to hydrolysis) is 1. The van der Waals surface area contributed by atoms with Crippen molar-refractivity contribution in [3.63, 3.8) is 0 Å². The van der Waals surface area contributed by atoms with Crippen LogP contribution in [0, 0.1) is 0 Å². The van der Waals surface area contributed by atoms with Gasteiger partial charge in [-0.05, 0) is 34.4 Å². The minimum Gasteiger partial charge on any atom is -0.449 e. The molecule has 1 atom stereocenters. The normalized spacial score (nSPS) is 14.7. The third-order valence-electron chi connectivity index (χ3n) is 6.27. The van der Waals surface area contributed by atoms with Crippen molar-refractivity contribution in [3.8, 4) is 11.1 Å². The van der Waals surface area contributed by atoms with Crippen LogP contribution in [0.5, 0.6) is 0 Å². The number of rotatable bonds is 7. The first-order valence-electron chi connectivity index (χ1n) is 11.4. The van der Waals surface area contributed by atoms with Crippen LogP contribution in [0.4, 0.5) is 13.6 Å². The van der Waals surface area contributed by atoms with E-state index in [0.29, 0.717) is 0 Å². The summed E-state index contributed by atoms with van der Waals surface area (Å²) >= 11 is 0. The van der Waals surface area contributed by atoms with Gasteiger partial charge in [0.25, 0.3) is 11.8 Å². The highest BCUT2D eigenvalue weighted by Crippen LogP contribution is 2.44. The number of ether oxygens (including phenoxy) is 1. The Kier molecular flexibility index (Phi) is 6.39. The maximum absolute atomic E-state index is 13.2. The summed E-state index contributed by atoms with van der Waals surface area (Å²) in [4.78, 5) is 54.9. The van der Waals surface area contributed by atoms with Crippen LogP contribution in [0.1, 0.15) is 44.2 Å². The van der Waals surface area contributed by atoms with Crippen molar-refractivity contribution in [2.24, 2.45) is 0 Å². The summed E-state index contributed by atoms with van der Waals surface area (Å²) in [6.07, 6.45) is -5.22. The second-order valence-corrected chi connectivity index (χ2v) is 8.51. The zero-order valence-electron chi connectivity index (χ0n) is 19.2. The summed E-state index contributed by atoms with van der Waals surface area (Å²) in [5.41, 5.74) is 3.93. The van der Waals surface area contributed by atoms with Crippen LogP contribution in [0.15, 0.2) is 72.8 Å². The summed E-state index contributed by atoms with van der Waals surface area (Å²) in [6, 6.07) is 19.2. The second kappa shape index (κ2) is 9.81. The number of imide groups is 1. The smallest absolute Gasteiger partial charge is 0.407 e. The fraction of sp³-hybridized carbons (Fsp3) is 0.185. The molecule has 8 nitrogen and oxygen atoms in total. The van der Waals surface area contributed by atoms with Gasteiger partial charge in [0, 0.05) is 12.3 Å². The molecule has 0 aromatic heterocycles. The third-order valence-corrected chi connectivity index (χ3v) is 6.27. The van der Waals surface area contributed by atoms with E-state index in [-0.39, 0.29) is 28.7 Å². The fourth-order valence-corrected chi connectivity index (χ4v) is 4.58. The third kappa shape index (κ3) is 4.53. The van der Waals surface area contributed by atoms with Gasteiger partial charge in [-0.25, -0.2) is 18.4 Å². The number of fused-ring (bicyclic) bond motifs is 4. The average molecular weight is 506 g/mol. The van der Waals surface area contributed by atoms with E-state index in [1.54, 1.807) is 0 Å². The van der Waals surface area contributed by atoms with Crippen molar-refractivity contribution < 1.29 is 37.5 Å². The van der Waals surface area contributed by atoms with Gasteiger partial charge in [-0.15, -0.1) is 0 Å². The van der Waals surface area contributed by atoms with E-state index in [1.165, 1.54) is 24.3 Å². The van der Waals surface area contributed by atoms with Crippen LogP contribution in [0.3, 0.4) is 0 Å². The summed E-state index contributed by atoms with van der Waals surface area (Å²) < 4.78 is 31.7. The van der Waals surface area contributed by atoms with E-state index in [9.17, 15) is 28.0 Å². The SMILES string of the molecule is O=C(NC(CC(F)F)C(=O)ON1C(=O)c2ccccc2C1=O)OCC1c2ccccc2-c2ccccc21. The quantitative estimate of drug-likeness (QED) is 0.480. The number of benzene rings is 3. The Hall–Kier alpha value is -4.60. The number of alkyl halides is 2. The first-order valence-corrected chi connectivity index (χ1v) is 11.4. The molecule has 1 unspecified atom stereocenters. The lowest BCUT2D eigenvalue weighted by Gasteiger charge is -2.20. The van der Waals surface area contributed by atoms with Crippen molar-refractivity contribution in [3.05, 3.63) is 95.1 Å². The zero-order chi connectivity index (χ0) is 26.1. The summed E-state index contributed by atoms with van der Waals surface area (Å²) in [5.74, 6) is -3.50. The van der Waals surface area contributed by atoms with Crippen molar-refractivity contribution in [1.29, 1.82) is 0 Å². The molecule has 188 valence electrons. The fourth-order valence-electron chi connectivity index (χ4n) is 4.58. The van der Waals surface area contributed by atoms with Gasteiger partial charge in [0.05, 0.1) is 11.1 Å². The minimum absolute atomic E-state index is 0.00945. The van der Waals surface area contributed by atoms with Gasteiger partial charge in [0.2, 0.25) is 6.43 Å². The van der Waals surface area contributed by atoms with Crippen LogP contribution in [0.25, 0.3) is 11.1 Å². The molecule has 1 aliphatic carbocycles. The lowest BCUT2D eigenvalue weighted by molar-refractivity contribution is -0.172. The molecule has 3 aromatic carbocycles. The molecule has 0 fully saturated rings. The highest BCUT2D eigenvalue weighted by atomic mass is 19.3. The van der Waals surface area contributed by atoms with Gasteiger partial charge in [-0.3, -0.25) is 9.59 Å². The van der Waals surface area contributed by atoms with Crippen LogP contribution in [-0.4, -0.2) is 48.0 Å². The van der Waals surface area contributed by atoms with E-state index in [2.05, 4.69) is 5.32 Å². The van der Waals surface area contributed by atoms with Gasteiger partial charge >= 0.3 is 12.1 Å². The Labute approximate surface area is 209 Å². The predicted molar refractivity (Wildman–Crippen MR) is 126 cm³/mol. The number of nitrogens with zero attached hydrogens (tertiary/aromatic N) is 1. The summed E-state index contributed by atoms with van der Waals surface area (Å²) in [7, 11) is 0. The summed E-state index contributed by atoms with van der Waals surface area (Å²) in [6.45, 7) is -0.102. The molecule has 0 radical (unpaired) electrons. The van der Waals surface area contributed by atoms with Crippen LogP contribution in [-0.2, 0) is 14.4 Å². The highest BCUT2D eigenvalue weighted by molar-refractivity contribution is 6.20. The molecular formula is C27H20F2N2O6. The number of carbonyl (C=O) groups is 4. The van der Waals surface area contributed by atoms with E-state index >= 15 is 0 Å². The Morgan fingerprint density at radius 3 is 1.81 bits per heavy atom. The van der Waals surface area contributed by atoms with Gasteiger partial charge < -0.3 is 14.9 Å². The predicted octanol–water partition coefficient (Wildman–Crippen LogP) is 4.30. The molecule has 0 spiro atoms. The molecule has 2 aliphatic rings. The van der Waals surface area contributed by atoms with Gasteiger partial charge in [0.15, 0.2) is 0 Å². The van der Waals surface area contributed by atoms with Crippen LogP contribution < -0.4 is 5.32 Å². The zero-order valence-corrected chi connectivity index (χ0v) is 19.2. The Bertz CT molecular complexity index is 1330. The molecule has 5 rings (SSSR count). The lowest BCUT2D eigenvalue weighted by Crippen LogP contribution is -2.46. The van der Waals surface area contributed by atoms with Crippen molar-refractivity contribution in [2.45, 2.75) is 24.8 Å². The minimum atomic E-state index is -2.99. The topological polar surface area (TPSA) is 102 Å². The standard InChI is InChI=1S/C27H20F2N2O6/c28-23(29)13-22(26(34)37-31-24(32)19-11-5-6-12-20(19)25(31)33)30-27(35)36-14-21-17-9-3-1-7-15(17)16-8-2-4-10-18(16)21/h1-12,21-23H,13-14H2,(H,30,35). The lowest BCUT2D eigenvalue weighted by atomic mass is 9.98. The molecule has 3 amide bonds. The molecule has 3 aromatic rings. The maximum Gasteiger partial charge on any atom is 0.407 e. The van der Waals surface area contributed by atoms with E-state index in [4.69, 9.17) is 9.57 Å². The van der Waals surface area contributed by atoms with Gasteiger partial charge in [0.1, 0.15) is 12.6 Å². The van der Waals surface area contributed by atoms with E-state index in [0.717, 1.165) is 22.3 Å². The van der Waals surface area contributed by atoms with Crippen LogP contribution in [0.2, 0.25) is 0 Å². The largest absolute Gasteiger partial charge is 0.449 e. The number of carbonyl (C=O) groups excluding carboxylic acids is 4. The Morgan fingerprint density at radius 2 is 1.30 bits per heavy atom. The first kappa shape index (κ1) is 24.1. The van der Waals surface area contributed by atoms with E-state index in [1.807, 2.05) is 48.5 Å². The molecule has 1 aliphatic heterocycles. The molecule has 10 heteroatoms. The first-order chi connectivity index (χ1) is 17.8. The Balaban J connectivity index is 1.25. The molecule has 1 N–H and O–H groups in total. The molecule has 37 heavy (non-hydrogen) atoms.